The first-order chi connectivity index (χ1) is 13.5. The van der Waals surface area contributed by atoms with Gasteiger partial charge in [-0.05, 0) is 57.0 Å². The Morgan fingerprint density at radius 3 is 2.54 bits per heavy atom. The summed E-state index contributed by atoms with van der Waals surface area (Å²) in [5, 5.41) is 3.04. The summed E-state index contributed by atoms with van der Waals surface area (Å²) in [4.78, 5) is 26.7. The number of furan rings is 1. The molecular weight excluding hydrogens is 360 g/mol. The van der Waals surface area contributed by atoms with Crippen LogP contribution in [0.25, 0.3) is 0 Å². The quantitative estimate of drug-likeness (QED) is 0.825. The molecule has 3 rings (SSSR count). The first kappa shape index (κ1) is 19.8. The molecular formula is C21H26N2O5. The minimum Gasteiger partial charge on any atom is -0.493 e. The number of hydrogen-bond acceptors (Lipinski definition) is 5. The van der Waals surface area contributed by atoms with Crippen LogP contribution in [-0.4, -0.2) is 49.1 Å². The summed E-state index contributed by atoms with van der Waals surface area (Å²) in [6.45, 7) is 5.02. The van der Waals surface area contributed by atoms with Gasteiger partial charge in [0.15, 0.2) is 17.3 Å². The Balaban J connectivity index is 1.56. The molecule has 1 aliphatic rings. The third-order valence-electron chi connectivity index (χ3n) is 4.64. The third kappa shape index (κ3) is 4.65. The van der Waals surface area contributed by atoms with E-state index in [1.54, 1.807) is 42.3 Å². The second-order valence-electron chi connectivity index (χ2n) is 7.05. The van der Waals surface area contributed by atoms with Gasteiger partial charge >= 0.3 is 0 Å². The molecule has 0 aliphatic carbocycles. The molecule has 0 spiro atoms. The van der Waals surface area contributed by atoms with Gasteiger partial charge in [-0.25, -0.2) is 0 Å². The standard InChI is InChI=1S/C21H26N2O5/c1-14(2)28-17-7-6-15(13-19(17)26-3)20(24)22-16-8-10-23(11-9-16)21(25)18-5-4-12-27-18/h4-7,12-14,16H,8-11H2,1-3H3,(H,22,24). The van der Waals surface area contributed by atoms with Gasteiger partial charge in [0.05, 0.1) is 19.5 Å². The molecule has 1 aliphatic heterocycles. The Bertz CT molecular complexity index is 808. The fourth-order valence-corrected chi connectivity index (χ4v) is 3.21. The number of hydrogen-bond donors (Lipinski definition) is 1. The summed E-state index contributed by atoms with van der Waals surface area (Å²) in [7, 11) is 1.55. The second kappa shape index (κ2) is 8.82. The molecule has 2 heterocycles. The third-order valence-corrected chi connectivity index (χ3v) is 4.64. The number of methoxy groups -OCH3 is 1. The number of ether oxygens (including phenoxy) is 2. The Kier molecular flexibility index (Phi) is 6.23. The number of amides is 2. The van der Waals surface area contributed by atoms with Crippen molar-refractivity contribution in [1.29, 1.82) is 0 Å². The minimum absolute atomic E-state index is 0.0163. The van der Waals surface area contributed by atoms with E-state index in [1.165, 1.54) is 6.26 Å². The molecule has 150 valence electrons. The van der Waals surface area contributed by atoms with Crippen molar-refractivity contribution in [2.45, 2.75) is 38.8 Å². The fraction of sp³-hybridized carbons (Fsp3) is 0.429. The van der Waals surface area contributed by atoms with Crippen molar-refractivity contribution in [3.63, 3.8) is 0 Å². The first-order valence-corrected chi connectivity index (χ1v) is 9.46. The largest absolute Gasteiger partial charge is 0.493 e. The van der Waals surface area contributed by atoms with Gasteiger partial charge in [-0.1, -0.05) is 0 Å². The maximum Gasteiger partial charge on any atom is 0.289 e. The van der Waals surface area contributed by atoms with Gasteiger partial charge < -0.3 is 24.1 Å². The number of rotatable bonds is 6. The molecule has 1 aromatic carbocycles. The lowest BCUT2D eigenvalue weighted by Crippen LogP contribution is -2.46. The van der Waals surface area contributed by atoms with E-state index in [2.05, 4.69) is 5.32 Å². The molecule has 7 nitrogen and oxygen atoms in total. The molecule has 2 amide bonds. The lowest BCUT2D eigenvalue weighted by atomic mass is 10.0. The van der Waals surface area contributed by atoms with E-state index in [0.29, 0.717) is 48.8 Å². The lowest BCUT2D eigenvalue weighted by Gasteiger charge is -2.31. The topological polar surface area (TPSA) is 81.0 Å². The molecule has 0 radical (unpaired) electrons. The summed E-state index contributed by atoms with van der Waals surface area (Å²) in [5.41, 5.74) is 0.516. The zero-order valence-corrected chi connectivity index (χ0v) is 16.4. The van der Waals surface area contributed by atoms with E-state index in [-0.39, 0.29) is 24.0 Å². The number of nitrogens with one attached hydrogen (secondary N) is 1. The second-order valence-corrected chi connectivity index (χ2v) is 7.05. The lowest BCUT2D eigenvalue weighted by molar-refractivity contribution is 0.0667. The normalized spacial score (nSPS) is 14.8. The highest BCUT2D eigenvalue weighted by atomic mass is 16.5. The highest BCUT2D eigenvalue weighted by Gasteiger charge is 2.26. The SMILES string of the molecule is COc1cc(C(=O)NC2CCN(C(=O)c3ccco3)CC2)ccc1OC(C)C. The summed E-state index contributed by atoms with van der Waals surface area (Å²) < 4.78 is 16.2. The van der Waals surface area contributed by atoms with E-state index >= 15 is 0 Å². The van der Waals surface area contributed by atoms with Crippen LogP contribution >= 0.6 is 0 Å². The number of piperidine rings is 1. The van der Waals surface area contributed by atoms with Crippen LogP contribution in [0.3, 0.4) is 0 Å². The Labute approximate surface area is 164 Å². The van der Waals surface area contributed by atoms with E-state index in [1.807, 2.05) is 13.8 Å². The van der Waals surface area contributed by atoms with Crippen LogP contribution in [0.4, 0.5) is 0 Å². The highest BCUT2D eigenvalue weighted by Crippen LogP contribution is 2.29. The zero-order chi connectivity index (χ0) is 20.1. The van der Waals surface area contributed by atoms with Gasteiger partial charge in [0.1, 0.15) is 0 Å². The van der Waals surface area contributed by atoms with Crippen LogP contribution in [-0.2, 0) is 0 Å². The maximum absolute atomic E-state index is 12.6. The van der Waals surface area contributed by atoms with Gasteiger partial charge in [-0.2, -0.15) is 0 Å². The van der Waals surface area contributed by atoms with Crippen LogP contribution in [0.15, 0.2) is 41.0 Å². The summed E-state index contributed by atoms with van der Waals surface area (Å²) in [6, 6.07) is 8.54. The Morgan fingerprint density at radius 2 is 1.93 bits per heavy atom. The van der Waals surface area contributed by atoms with Crippen LogP contribution < -0.4 is 14.8 Å². The molecule has 0 saturated carbocycles. The molecule has 1 saturated heterocycles. The van der Waals surface area contributed by atoms with Gasteiger partial charge in [-0.15, -0.1) is 0 Å². The van der Waals surface area contributed by atoms with E-state index in [0.717, 1.165) is 0 Å². The Hall–Kier alpha value is -2.96. The van der Waals surface area contributed by atoms with E-state index < -0.39 is 0 Å². The molecule has 1 N–H and O–H groups in total. The van der Waals surface area contributed by atoms with Gasteiger partial charge in [-0.3, -0.25) is 9.59 Å². The van der Waals surface area contributed by atoms with Gasteiger partial charge in [0.25, 0.3) is 11.8 Å². The van der Waals surface area contributed by atoms with Crippen LogP contribution in [0.1, 0.15) is 47.6 Å². The van der Waals surface area contributed by atoms with Crippen molar-refractivity contribution in [3.8, 4) is 11.5 Å². The van der Waals surface area contributed by atoms with E-state index in [9.17, 15) is 9.59 Å². The number of nitrogens with zero attached hydrogens (tertiary/aromatic N) is 1. The number of likely N-dealkylation sites (tertiary alicyclic amines) is 1. The summed E-state index contributed by atoms with van der Waals surface area (Å²) in [5.74, 6) is 1.21. The van der Waals surface area contributed by atoms with Crippen molar-refractivity contribution in [1.82, 2.24) is 10.2 Å². The molecule has 1 fully saturated rings. The van der Waals surface area contributed by atoms with Gasteiger partial charge in [0.2, 0.25) is 0 Å². The van der Waals surface area contributed by atoms with Crippen molar-refractivity contribution < 1.29 is 23.5 Å². The smallest absolute Gasteiger partial charge is 0.289 e. The van der Waals surface area contributed by atoms with Gasteiger partial charge in [0, 0.05) is 24.7 Å². The fourth-order valence-electron chi connectivity index (χ4n) is 3.21. The summed E-state index contributed by atoms with van der Waals surface area (Å²) >= 11 is 0. The first-order valence-electron chi connectivity index (χ1n) is 9.46. The molecule has 2 aromatic rings. The molecule has 0 atom stereocenters. The molecule has 1 aromatic heterocycles. The van der Waals surface area contributed by atoms with Crippen LogP contribution in [0.2, 0.25) is 0 Å². The molecule has 7 heteroatoms. The predicted molar refractivity (Wildman–Crippen MR) is 104 cm³/mol. The average molecular weight is 386 g/mol. The molecule has 0 unspecified atom stereocenters. The number of carbonyl (C=O) groups is 2. The van der Waals surface area contributed by atoms with Crippen LogP contribution in [0.5, 0.6) is 11.5 Å². The predicted octanol–water partition coefficient (Wildman–Crippen LogP) is 3.11. The van der Waals surface area contributed by atoms with E-state index in [4.69, 9.17) is 13.9 Å². The van der Waals surface area contributed by atoms with Crippen molar-refractivity contribution in [2.24, 2.45) is 0 Å². The highest BCUT2D eigenvalue weighted by molar-refractivity contribution is 5.95. The molecule has 28 heavy (non-hydrogen) atoms. The monoisotopic (exact) mass is 386 g/mol. The summed E-state index contributed by atoms with van der Waals surface area (Å²) in [6.07, 6.45) is 2.90. The van der Waals surface area contributed by atoms with Crippen molar-refractivity contribution in [3.05, 3.63) is 47.9 Å². The van der Waals surface area contributed by atoms with Crippen LogP contribution in [0, 0.1) is 0 Å². The van der Waals surface area contributed by atoms with Crippen molar-refractivity contribution in [2.75, 3.05) is 20.2 Å². The number of carbonyl (C=O) groups excluding carboxylic acids is 2. The minimum atomic E-state index is -0.162. The van der Waals surface area contributed by atoms with Crippen molar-refractivity contribution >= 4 is 11.8 Å². The maximum atomic E-state index is 12.6. The Morgan fingerprint density at radius 1 is 1.18 bits per heavy atom. The average Bonchev–Trinajstić information content (AvgIpc) is 3.22. The molecule has 0 bridgehead atoms. The zero-order valence-electron chi connectivity index (χ0n) is 16.4. The number of benzene rings is 1.